The maximum absolute atomic E-state index is 13.2. The van der Waals surface area contributed by atoms with Gasteiger partial charge >= 0.3 is 0 Å². The maximum Gasteiger partial charge on any atom is 0.234 e. The van der Waals surface area contributed by atoms with Crippen LogP contribution in [0.25, 0.3) is 0 Å². The molecule has 0 aliphatic heterocycles. The standard InChI is InChI=1S/C18H16F2N4OS/c1-12-22-23-18(24(12)10-13-5-3-2-4-6-13)26-11-17(25)21-16-8-14(19)7-15(20)9-16/h2-9H,10-11H2,1H3,(H,21,25). The van der Waals surface area contributed by atoms with Gasteiger partial charge in [-0.2, -0.15) is 0 Å². The average Bonchev–Trinajstić information content (AvgIpc) is 2.93. The highest BCUT2D eigenvalue weighted by atomic mass is 32.2. The van der Waals surface area contributed by atoms with E-state index >= 15 is 0 Å². The van der Waals surface area contributed by atoms with Gasteiger partial charge in [0.1, 0.15) is 17.5 Å². The molecule has 0 saturated heterocycles. The molecule has 2 aromatic carbocycles. The van der Waals surface area contributed by atoms with Crippen LogP contribution in [0.4, 0.5) is 14.5 Å². The molecular formula is C18H16F2N4OS. The molecule has 3 rings (SSSR count). The topological polar surface area (TPSA) is 59.8 Å². The molecule has 0 aliphatic rings. The summed E-state index contributed by atoms with van der Waals surface area (Å²) in [5.41, 5.74) is 1.17. The molecule has 0 saturated carbocycles. The molecular weight excluding hydrogens is 358 g/mol. The lowest BCUT2D eigenvalue weighted by atomic mass is 10.2. The Balaban J connectivity index is 1.63. The van der Waals surface area contributed by atoms with Crippen molar-refractivity contribution in [2.75, 3.05) is 11.1 Å². The smallest absolute Gasteiger partial charge is 0.234 e. The Labute approximate surface area is 153 Å². The molecule has 0 unspecified atom stereocenters. The summed E-state index contributed by atoms with van der Waals surface area (Å²) >= 11 is 1.21. The minimum absolute atomic E-state index is 0.0467. The average molecular weight is 374 g/mol. The van der Waals surface area contributed by atoms with E-state index in [0.29, 0.717) is 11.7 Å². The summed E-state index contributed by atoms with van der Waals surface area (Å²) in [5.74, 6) is -1.08. The molecule has 0 radical (unpaired) electrons. The lowest BCUT2D eigenvalue weighted by Crippen LogP contribution is -2.15. The first-order chi connectivity index (χ1) is 12.5. The zero-order valence-electron chi connectivity index (χ0n) is 13.9. The normalized spacial score (nSPS) is 10.7. The van der Waals surface area contributed by atoms with Gasteiger partial charge in [0.05, 0.1) is 12.3 Å². The number of rotatable bonds is 6. The Morgan fingerprint density at radius 1 is 1.12 bits per heavy atom. The molecule has 8 heteroatoms. The number of amides is 1. The van der Waals surface area contributed by atoms with Gasteiger partial charge < -0.3 is 9.88 Å². The highest BCUT2D eigenvalue weighted by Gasteiger charge is 2.13. The van der Waals surface area contributed by atoms with Crippen LogP contribution in [0.2, 0.25) is 0 Å². The van der Waals surface area contributed by atoms with Gasteiger partial charge in [0, 0.05) is 11.8 Å². The third-order valence-electron chi connectivity index (χ3n) is 3.56. The van der Waals surface area contributed by atoms with Crippen molar-refractivity contribution in [3.63, 3.8) is 0 Å². The first-order valence-corrected chi connectivity index (χ1v) is 8.82. The van der Waals surface area contributed by atoms with Crippen LogP contribution in [0, 0.1) is 18.6 Å². The van der Waals surface area contributed by atoms with E-state index in [4.69, 9.17) is 0 Å². The van der Waals surface area contributed by atoms with Crippen LogP contribution in [-0.4, -0.2) is 26.4 Å². The molecule has 5 nitrogen and oxygen atoms in total. The van der Waals surface area contributed by atoms with Gasteiger partial charge in [0.15, 0.2) is 5.16 Å². The van der Waals surface area contributed by atoms with Crippen LogP contribution in [0.5, 0.6) is 0 Å². The number of aromatic nitrogens is 3. The molecule has 0 bridgehead atoms. The predicted octanol–water partition coefficient (Wildman–Crippen LogP) is 3.64. The Morgan fingerprint density at radius 3 is 2.50 bits per heavy atom. The SMILES string of the molecule is Cc1nnc(SCC(=O)Nc2cc(F)cc(F)c2)n1Cc1ccccc1. The Kier molecular flexibility index (Phi) is 5.62. The third-order valence-corrected chi connectivity index (χ3v) is 4.53. The molecule has 1 heterocycles. The van der Waals surface area contributed by atoms with Crippen LogP contribution in [0.15, 0.2) is 53.7 Å². The van der Waals surface area contributed by atoms with Crippen molar-refractivity contribution in [1.29, 1.82) is 0 Å². The third kappa shape index (κ3) is 4.66. The largest absolute Gasteiger partial charge is 0.325 e. The number of carbonyl (C=O) groups is 1. The summed E-state index contributed by atoms with van der Waals surface area (Å²) in [7, 11) is 0. The van der Waals surface area contributed by atoms with Crippen molar-refractivity contribution in [2.45, 2.75) is 18.6 Å². The lowest BCUT2D eigenvalue weighted by molar-refractivity contribution is -0.113. The Morgan fingerprint density at radius 2 is 1.81 bits per heavy atom. The van der Waals surface area contributed by atoms with Crippen molar-refractivity contribution in [2.24, 2.45) is 0 Å². The Hall–Kier alpha value is -2.74. The lowest BCUT2D eigenvalue weighted by Gasteiger charge is -2.09. The molecule has 1 amide bonds. The van der Waals surface area contributed by atoms with Gasteiger partial charge in [-0.05, 0) is 24.6 Å². The number of benzene rings is 2. The van der Waals surface area contributed by atoms with Crippen molar-refractivity contribution in [3.8, 4) is 0 Å². The minimum atomic E-state index is -0.744. The quantitative estimate of drug-likeness (QED) is 0.669. The molecule has 0 atom stereocenters. The number of nitrogens with one attached hydrogen (secondary N) is 1. The fourth-order valence-electron chi connectivity index (χ4n) is 2.37. The van der Waals surface area contributed by atoms with Gasteiger partial charge in [-0.3, -0.25) is 4.79 Å². The fourth-order valence-corrected chi connectivity index (χ4v) is 3.15. The minimum Gasteiger partial charge on any atom is -0.325 e. The van der Waals surface area contributed by atoms with Gasteiger partial charge in [0.2, 0.25) is 5.91 Å². The zero-order chi connectivity index (χ0) is 18.5. The molecule has 134 valence electrons. The van der Waals surface area contributed by atoms with Crippen molar-refractivity contribution in [3.05, 3.63) is 71.6 Å². The summed E-state index contributed by atoms with van der Waals surface area (Å²) in [5, 5.41) is 11.2. The van der Waals surface area contributed by atoms with E-state index in [1.54, 1.807) is 0 Å². The van der Waals surface area contributed by atoms with Gasteiger partial charge in [0.25, 0.3) is 0 Å². The summed E-state index contributed by atoms with van der Waals surface area (Å²) in [6, 6.07) is 12.7. The van der Waals surface area contributed by atoms with E-state index in [0.717, 1.165) is 29.6 Å². The summed E-state index contributed by atoms with van der Waals surface area (Å²) in [6.07, 6.45) is 0. The maximum atomic E-state index is 13.2. The molecule has 26 heavy (non-hydrogen) atoms. The van der Waals surface area contributed by atoms with Crippen molar-refractivity contribution in [1.82, 2.24) is 14.8 Å². The van der Waals surface area contributed by atoms with Crippen molar-refractivity contribution >= 4 is 23.4 Å². The first kappa shape index (κ1) is 18.1. The van der Waals surface area contributed by atoms with Gasteiger partial charge in [-0.1, -0.05) is 42.1 Å². The molecule has 3 aromatic rings. The van der Waals surface area contributed by atoms with Gasteiger partial charge in [-0.15, -0.1) is 10.2 Å². The predicted molar refractivity (Wildman–Crippen MR) is 96.0 cm³/mol. The summed E-state index contributed by atoms with van der Waals surface area (Å²) in [6.45, 7) is 2.44. The number of thioether (sulfide) groups is 1. The van der Waals surface area contributed by atoms with Crippen LogP contribution >= 0.6 is 11.8 Å². The number of aryl methyl sites for hydroxylation is 1. The number of hydrogen-bond acceptors (Lipinski definition) is 4. The van der Waals surface area contributed by atoms with Crippen LogP contribution in [0.3, 0.4) is 0 Å². The number of anilines is 1. The molecule has 1 aromatic heterocycles. The number of nitrogens with zero attached hydrogens (tertiary/aromatic N) is 3. The summed E-state index contributed by atoms with van der Waals surface area (Å²) in [4.78, 5) is 12.1. The molecule has 1 N–H and O–H groups in total. The highest BCUT2D eigenvalue weighted by molar-refractivity contribution is 7.99. The number of hydrogen-bond donors (Lipinski definition) is 1. The fraction of sp³-hybridized carbons (Fsp3) is 0.167. The number of carbonyl (C=O) groups excluding carboxylic acids is 1. The van der Waals surface area contributed by atoms with Crippen LogP contribution < -0.4 is 5.32 Å². The monoisotopic (exact) mass is 374 g/mol. The summed E-state index contributed by atoms with van der Waals surface area (Å²) < 4.78 is 28.3. The van der Waals surface area contributed by atoms with Crippen LogP contribution in [0.1, 0.15) is 11.4 Å². The number of halogens is 2. The van der Waals surface area contributed by atoms with E-state index in [2.05, 4.69) is 15.5 Å². The highest BCUT2D eigenvalue weighted by Crippen LogP contribution is 2.19. The molecule has 0 spiro atoms. The first-order valence-electron chi connectivity index (χ1n) is 7.84. The van der Waals surface area contributed by atoms with E-state index in [9.17, 15) is 13.6 Å². The molecule has 0 aliphatic carbocycles. The van der Waals surface area contributed by atoms with E-state index in [1.807, 2.05) is 41.8 Å². The van der Waals surface area contributed by atoms with Crippen LogP contribution in [-0.2, 0) is 11.3 Å². The second-order valence-corrected chi connectivity index (χ2v) is 6.54. The van der Waals surface area contributed by atoms with E-state index in [1.165, 1.54) is 11.8 Å². The second-order valence-electron chi connectivity index (χ2n) is 5.60. The zero-order valence-corrected chi connectivity index (χ0v) is 14.8. The van der Waals surface area contributed by atoms with E-state index in [-0.39, 0.29) is 17.3 Å². The Bertz CT molecular complexity index is 895. The van der Waals surface area contributed by atoms with Crippen molar-refractivity contribution < 1.29 is 13.6 Å². The van der Waals surface area contributed by atoms with E-state index < -0.39 is 11.6 Å². The second kappa shape index (κ2) is 8.09. The molecule has 0 fully saturated rings. The van der Waals surface area contributed by atoms with Gasteiger partial charge in [-0.25, -0.2) is 8.78 Å².